The fourth-order valence-corrected chi connectivity index (χ4v) is 5.44. The molecule has 194 valence electrons. The summed E-state index contributed by atoms with van der Waals surface area (Å²) in [7, 11) is 1.93. The molecule has 0 bridgehead atoms. The number of anilines is 3. The first kappa shape index (κ1) is 25.1. The molecule has 1 fully saturated rings. The third-order valence-electron chi connectivity index (χ3n) is 6.43. The number of nitrogens with zero attached hydrogens (tertiary/aromatic N) is 6. The second-order valence-corrected chi connectivity index (χ2v) is 11.6. The summed E-state index contributed by atoms with van der Waals surface area (Å²) >= 11 is 1.50. The van der Waals surface area contributed by atoms with Gasteiger partial charge >= 0.3 is 0 Å². The van der Waals surface area contributed by atoms with E-state index in [9.17, 15) is 4.79 Å². The van der Waals surface area contributed by atoms with Crippen molar-refractivity contribution in [1.29, 1.82) is 0 Å². The van der Waals surface area contributed by atoms with Crippen LogP contribution in [0, 0.1) is 6.92 Å². The highest BCUT2D eigenvalue weighted by Crippen LogP contribution is 2.34. The van der Waals surface area contributed by atoms with Crippen LogP contribution in [0.4, 0.5) is 16.6 Å². The van der Waals surface area contributed by atoms with Gasteiger partial charge in [0.2, 0.25) is 16.0 Å². The van der Waals surface area contributed by atoms with E-state index in [4.69, 9.17) is 10.1 Å². The maximum absolute atomic E-state index is 13.1. The van der Waals surface area contributed by atoms with Crippen LogP contribution in [0.1, 0.15) is 26.3 Å². The molecule has 3 heterocycles. The average molecular weight is 518 g/mol. The summed E-state index contributed by atoms with van der Waals surface area (Å²) in [4.78, 5) is 25.1. The molecule has 0 saturated carbocycles. The van der Waals surface area contributed by atoms with Crippen molar-refractivity contribution in [2.75, 3.05) is 54.9 Å². The van der Waals surface area contributed by atoms with Crippen molar-refractivity contribution in [1.82, 2.24) is 19.5 Å². The van der Waals surface area contributed by atoms with Gasteiger partial charge in [0.25, 0.3) is 0 Å². The van der Waals surface area contributed by atoms with Crippen LogP contribution >= 0.6 is 11.3 Å². The quantitative estimate of drug-likeness (QED) is 0.398. The predicted molar refractivity (Wildman–Crippen MR) is 153 cm³/mol. The number of amides is 1. The molecule has 9 heteroatoms. The molecule has 0 atom stereocenters. The van der Waals surface area contributed by atoms with Crippen LogP contribution in [-0.4, -0.2) is 70.7 Å². The highest BCUT2D eigenvalue weighted by atomic mass is 32.1. The first-order valence-corrected chi connectivity index (χ1v) is 13.5. The Labute approximate surface area is 222 Å². The molecular weight excluding hydrogens is 482 g/mol. The summed E-state index contributed by atoms with van der Waals surface area (Å²) in [6, 6.07) is 18.7. The number of likely N-dealkylation sites (N-methyl/N-ethyl adjacent to an activating group) is 1. The second kappa shape index (κ2) is 10.0. The number of carbonyl (C=O) groups excluding carboxylic acids is 1. The molecule has 1 aliphatic heterocycles. The molecular formula is C28H35N7OS. The molecule has 2 aromatic heterocycles. The number of benzene rings is 2. The summed E-state index contributed by atoms with van der Waals surface area (Å²) in [5, 5.41) is 9.24. The van der Waals surface area contributed by atoms with Crippen molar-refractivity contribution in [3.8, 4) is 11.3 Å². The highest BCUT2D eigenvalue weighted by Gasteiger charge is 2.25. The van der Waals surface area contributed by atoms with Crippen LogP contribution in [0.2, 0.25) is 0 Å². The minimum Gasteiger partial charge on any atom is -0.368 e. The summed E-state index contributed by atoms with van der Waals surface area (Å²) in [6.07, 6.45) is 0. The van der Waals surface area contributed by atoms with Crippen LogP contribution in [-0.2, 0) is 4.79 Å². The molecule has 0 spiro atoms. The van der Waals surface area contributed by atoms with Crippen LogP contribution in [0.3, 0.4) is 0 Å². The van der Waals surface area contributed by atoms with Crippen molar-refractivity contribution in [2.24, 2.45) is 0 Å². The number of nitrogens with one attached hydrogen (secondary N) is 1. The van der Waals surface area contributed by atoms with Gasteiger partial charge in [-0.05, 0) is 45.9 Å². The van der Waals surface area contributed by atoms with Gasteiger partial charge in [0.05, 0.1) is 6.54 Å². The predicted octanol–water partition coefficient (Wildman–Crippen LogP) is 4.76. The van der Waals surface area contributed by atoms with Crippen molar-refractivity contribution < 1.29 is 4.79 Å². The zero-order valence-electron chi connectivity index (χ0n) is 22.2. The maximum atomic E-state index is 13.1. The number of hydrogen-bond acceptors (Lipinski definition) is 7. The summed E-state index contributed by atoms with van der Waals surface area (Å²) in [5.41, 5.74) is 4.18. The Morgan fingerprint density at radius 3 is 2.46 bits per heavy atom. The number of rotatable bonds is 6. The van der Waals surface area contributed by atoms with Crippen LogP contribution in [0.25, 0.3) is 16.2 Å². The molecule has 37 heavy (non-hydrogen) atoms. The third-order valence-corrected chi connectivity index (χ3v) is 7.45. The van der Waals surface area contributed by atoms with Crippen molar-refractivity contribution >= 4 is 38.8 Å². The molecule has 4 aromatic rings. The van der Waals surface area contributed by atoms with E-state index < -0.39 is 0 Å². The lowest BCUT2D eigenvalue weighted by atomic mass is 10.1. The monoisotopic (exact) mass is 517 g/mol. The topological polar surface area (TPSA) is 69.0 Å². The Bertz CT molecular complexity index is 1380. The first-order chi connectivity index (χ1) is 17.7. The molecule has 8 nitrogen and oxygen atoms in total. The van der Waals surface area contributed by atoms with Crippen LogP contribution in [0.5, 0.6) is 0 Å². The molecule has 2 aromatic carbocycles. The van der Waals surface area contributed by atoms with Crippen LogP contribution < -0.4 is 15.1 Å². The molecule has 0 aliphatic carbocycles. The number of para-hydroxylation sites is 1. The Balaban J connectivity index is 1.31. The van der Waals surface area contributed by atoms with E-state index in [1.54, 1.807) is 0 Å². The lowest BCUT2D eigenvalue weighted by Crippen LogP contribution is -2.51. The van der Waals surface area contributed by atoms with Gasteiger partial charge in [-0.3, -0.25) is 4.79 Å². The fourth-order valence-electron chi connectivity index (χ4n) is 4.58. The fraction of sp³-hybridized carbons (Fsp3) is 0.393. The van der Waals surface area contributed by atoms with Gasteiger partial charge < -0.3 is 20.0 Å². The number of hydrogen-bond donors (Lipinski definition) is 1. The van der Waals surface area contributed by atoms with E-state index in [1.165, 1.54) is 22.6 Å². The Morgan fingerprint density at radius 1 is 1.05 bits per heavy atom. The lowest BCUT2D eigenvalue weighted by Gasteiger charge is -2.36. The number of piperazine rings is 1. The largest absolute Gasteiger partial charge is 0.368 e. The van der Waals surface area contributed by atoms with E-state index in [0.29, 0.717) is 0 Å². The summed E-state index contributed by atoms with van der Waals surface area (Å²) in [6.45, 7) is 11.9. The molecule has 1 aliphatic rings. The number of fused-ring (bicyclic) bond motifs is 1. The smallest absolute Gasteiger partial charge is 0.242 e. The van der Waals surface area contributed by atoms with Crippen molar-refractivity contribution in [3.63, 3.8) is 0 Å². The molecule has 1 amide bonds. The van der Waals surface area contributed by atoms with Crippen molar-refractivity contribution in [2.45, 2.75) is 33.2 Å². The van der Waals surface area contributed by atoms with Gasteiger partial charge in [-0.1, -0.05) is 53.3 Å². The Morgan fingerprint density at radius 2 is 1.78 bits per heavy atom. The van der Waals surface area contributed by atoms with E-state index in [-0.39, 0.29) is 18.0 Å². The number of imidazole rings is 1. The molecule has 5 rings (SSSR count). The van der Waals surface area contributed by atoms with Gasteiger partial charge in [-0.15, -0.1) is 5.10 Å². The average Bonchev–Trinajstić information content (AvgIpc) is 3.43. The SMILES string of the molecule is Cc1cccc(-c2nc3sc(N(C)CC(=O)N4CCN(c5ccccc5)CC4)nn3c2NC(C)(C)C)c1. The van der Waals surface area contributed by atoms with Crippen molar-refractivity contribution in [3.05, 3.63) is 60.2 Å². The molecule has 1 N–H and O–H groups in total. The van der Waals surface area contributed by atoms with Gasteiger partial charge in [0, 0.05) is 50.0 Å². The zero-order valence-corrected chi connectivity index (χ0v) is 23.0. The second-order valence-electron chi connectivity index (χ2n) is 10.7. The number of aryl methyl sites for hydroxylation is 1. The maximum Gasteiger partial charge on any atom is 0.242 e. The summed E-state index contributed by atoms with van der Waals surface area (Å²) < 4.78 is 1.88. The normalized spacial score (nSPS) is 14.3. The van der Waals surface area contributed by atoms with E-state index in [1.807, 2.05) is 27.4 Å². The zero-order chi connectivity index (χ0) is 26.2. The van der Waals surface area contributed by atoms with Gasteiger partial charge in [0.15, 0.2) is 5.82 Å². The van der Waals surface area contributed by atoms with E-state index in [2.05, 4.69) is 86.4 Å². The summed E-state index contributed by atoms with van der Waals surface area (Å²) in [5.74, 6) is 0.990. The Kier molecular flexibility index (Phi) is 6.81. The standard InChI is InChI=1S/C28H35N7OS/c1-20-10-9-11-21(18-20)24-25(30-28(2,3)4)35-26(29-24)37-27(31-35)32(5)19-23(36)34-16-14-33(15-17-34)22-12-7-6-8-13-22/h6-13,18,30H,14-17,19H2,1-5H3. The van der Waals surface area contributed by atoms with E-state index >= 15 is 0 Å². The number of aromatic nitrogens is 3. The van der Waals surface area contributed by atoms with Gasteiger partial charge in [-0.2, -0.15) is 4.52 Å². The minimum atomic E-state index is -0.165. The van der Waals surface area contributed by atoms with Crippen LogP contribution in [0.15, 0.2) is 54.6 Å². The first-order valence-electron chi connectivity index (χ1n) is 12.7. The molecule has 0 unspecified atom stereocenters. The minimum absolute atomic E-state index is 0.122. The molecule has 0 radical (unpaired) electrons. The van der Waals surface area contributed by atoms with Gasteiger partial charge in [-0.25, -0.2) is 4.98 Å². The highest BCUT2D eigenvalue weighted by molar-refractivity contribution is 7.20. The van der Waals surface area contributed by atoms with Gasteiger partial charge in [0.1, 0.15) is 5.69 Å². The lowest BCUT2D eigenvalue weighted by molar-refractivity contribution is -0.129. The van der Waals surface area contributed by atoms with E-state index in [0.717, 1.165) is 53.3 Å². The Hall–Kier alpha value is -3.59. The third kappa shape index (κ3) is 5.56. The molecule has 1 saturated heterocycles. The number of carbonyl (C=O) groups is 1.